The minimum Gasteiger partial charge on any atom is -0.465 e. The number of aliphatic hydroxyl groups is 1. The Balaban J connectivity index is 2.43. The van der Waals surface area contributed by atoms with E-state index in [1.165, 1.54) is 29.9 Å². The summed E-state index contributed by atoms with van der Waals surface area (Å²) in [5.41, 5.74) is -0.0670. The van der Waals surface area contributed by atoms with E-state index >= 15 is 0 Å². The predicted molar refractivity (Wildman–Crippen MR) is 112 cm³/mol. The lowest BCUT2D eigenvalue weighted by Gasteiger charge is -2.24. The van der Waals surface area contributed by atoms with Crippen LogP contribution in [0.15, 0.2) is 28.2 Å². The third-order valence-electron chi connectivity index (χ3n) is 4.48. The fourth-order valence-electron chi connectivity index (χ4n) is 2.61. The van der Waals surface area contributed by atoms with Crippen molar-refractivity contribution in [2.45, 2.75) is 57.5 Å². The van der Waals surface area contributed by atoms with Gasteiger partial charge in [0.25, 0.3) is 5.56 Å². The summed E-state index contributed by atoms with van der Waals surface area (Å²) in [6.07, 6.45) is 0.00853. The van der Waals surface area contributed by atoms with Crippen molar-refractivity contribution in [1.82, 2.24) is 14.9 Å². The minimum atomic E-state index is -0.770. The molecule has 9 heteroatoms. The highest BCUT2D eigenvalue weighted by Gasteiger charge is 2.20. The molecule has 2 rings (SSSR count). The van der Waals surface area contributed by atoms with Gasteiger partial charge in [-0.05, 0) is 45.4 Å². The average molecular weight is 422 g/mol. The molecule has 2 aromatic rings. The summed E-state index contributed by atoms with van der Waals surface area (Å²) in [7, 11) is 1.28. The third-order valence-corrected chi connectivity index (χ3v) is 5.46. The maximum atomic E-state index is 12.9. The van der Waals surface area contributed by atoms with Crippen molar-refractivity contribution >= 4 is 34.5 Å². The Morgan fingerprint density at radius 1 is 1.38 bits per heavy atom. The molecule has 0 fully saturated rings. The largest absolute Gasteiger partial charge is 0.465 e. The zero-order valence-electron chi connectivity index (χ0n) is 17.3. The van der Waals surface area contributed by atoms with Crippen molar-refractivity contribution < 1.29 is 19.4 Å². The first-order valence-electron chi connectivity index (χ1n) is 9.32. The summed E-state index contributed by atoms with van der Waals surface area (Å²) >= 11 is 1.11. The number of aliphatic hydroxyl groups excluding tert-OH is 1. The molecule has 1 amide bonds. The summed E-state index contributed by atoms with van der Waals surface area (Å²) in [5.74, 6) is -0.641. The van der Waals surface area contributed by atoms with E-state index in [1.54, 1.807) is 6.92 Å². The topological polar surface area (TPSA) is 111 Å². The maximum absolute atomic E-state index is 12.9. The number of ether oxygens (including phenoxy) is 1. The molecule has 0 bridgehead atoms. The normalized spacial score (nSPS) is 12.6. The number of esters is 1. The first-order valence-corrected chi connectivity index (χ1v) is 10.3. The SMILES string of the molecule is CCC(C)(C)NC(=O)CSc1nc2cc(C(=O)OC)ccc2c(=O)n1C[C@H](C)O. The van der Waals surface area contributed by atoms with Crippen LogP contribution < -0.4 is 10.9 Å². The van der Waals surface area contributed by atoms with Gasteiger partial charge in [0.1, 0.15) is 0 Å². The van der Waals surface area contributed by atoms with E-state index in [0.29, 0.717) is 16.1 Å². The van der Waals surface area contributed by atoms with Crippen LogP contribution in [0.5, 0.6) is 0 Å². The molecule has 1 aromatic carbocycles. The number of carbonyl (C=O) groups is 2. The summed E-state index contributed by atoms with van der Waals surface area (Å²) in [5, 5.41) is 13.4. The van der Waals surface area contributed by atoms with Crippen LogP contribution in [0, 0.1) is 0 Å². The van der Waals surface area contributed by atoms with Crippen LogP contribution in [-0.4, -0.2) is 51.0 Å². The molecule has 0 saturated heterocycles. The van der Waals surface area contributed by atoms with E-state index < -0.39 is 12.1 Å². The molecule has 0 unspecified atom stereocenters. The smallest absolute Gasteiger partial charge is 0.337 e. The van der Waals surface area contributed by atoms with Crippen LogP contribution in [-0.2, 0) is 16.1 Å². The molecule has 0 saturated carbocycles. The Kier molecular flexibility index (Phi) is 7.43. The van der Waals surface area contributed by atoms with Gasteiger partial charge in [-0.1, -0.05) is 18.7 Å². The Morgan fingerprint density at radius 3 is 2.66 bits per heavy atom. The van der Waals surface area contributed by atoms with Crippen LogP contribution in [0.1, 0.15) is 44.5 Å². The van der Waals surface area contributed by atoms with Crippen molar-refractivity contribution in [2.75, 3.05) is 12.9 Å². The standard InChI is InChI=1S/C20H27N3O5S/c1-6-20(3,4)22-16(25)11-29-19-21-15-9-13(18(27)28-5)7-8-14(15)17(26)23(19)10-12(2)24/h7-9,12,24H,6,10-11H2,1-5H3,(H,22,25)/t12-/m0/s1. The minimum absolute atomic E-state index is 0.0466. The molecule has 1 atom stereocenters. The number of methoxy groups -OCH3 is 1. The maximum Gasteiger partial charge on any atom is 0.337 e. The highest BCUT2D eigenvalue weighted by atomic mass is 32.2. The second-order valence-electron chi connectivity index (χ2n) is 7.46. The summed E-state index contributed by atoms with van der Waals surface area (Å²) in [4.78, 5) is 41.5. The van der Waals surface area contributed by atoms with Gasteiger partial charge in [-0.2, -0.15) is 0 Å². The van der Waals surface area contributed by atoms with Crippen LogP contribution in [0.3, 0.4) is 0 Å². The van der Waals surface area contributed by atoms with Crippen LogP contribution in [0.4, 0.5) is 0 Å². The van der Waals surface area contributed by atoms with E-state index in [-0.39, 0.29) is 34.9 Å². The summed E-state index contributed by atoms with van der Waals surface area (Å²) < 4.78 is 6.07. The monoisotopic (exact) mass is 421 g/mol. The highest BCUT2D eigenvalue weighted by Crippen LogP contribution is 2.20. The second kappa shape index (κ2) is 9.41. The second-order valence-corrected chi connectivity index (χ2v) is 8.40. The molecule has 29 heavy (non-hydrogen) atoms. The van der Waals surface area contributed by atoms with E-state index in [1.807, 2.05) is 20.8 Å². The molecule has 1 heterocycles. The number of carbonyl (C=O) groups excluding carboxylic acids is 2. The zero-order chi connectivity index (χ0) is 21.8. The fraction of sp³-hybridized carbons (Fsp3) is 0.500. The van der Waals surface area contributed by atoms with Gasteiger partial charge in [-0.15, -0.1) is 0 Å². The number of fused-ring (bicyclic) bond motifs is 1. The molecule has 2 N–H and O–H groups in total. The number of rotatable bonds is 8. The Morgan fingerprint density at radius 2 is 2.07 bits per heavy atom. The number of thioether (sulfide) groups is 1. The molecule has 0 radical (unpaired) electrons. The Labute approximate surface area is 173 Å². The number of nitrogens with one attached hydrogen (secondary N) is 1. The zero-order valence-corrected chi connectivity index (χ0v) is 18.1. The molecule has 0 spiro atoms. The third kappa shape index (κ3) is 5.80. The van der Waals surface area contributed by atoms with Gasteiger partial charge in [0.05, 0.1) is 42.0 Å². The number of aromatic nitrogens is 2. The van der Waals surface area contributed by atoms with Crippen molar-refractivity contribution in [3.63, 3.8) is 0 Å². The summed E-state index contributed by atoms with van der Waals surface area (Å²) in [6, 6.07) is 4.50. The van der Waals surface area contributed by atoms with Gasteiger partial charge in [0.15, 0.2) is 5.16 Å². The Hall–Kier alpha value is -2.39. The van der Waals surface area contributed by atoms with E-state index in [9.17, 15) is 19.5 Å². The van der Waals surface area contributed by atoms with Gasteiger partial charge in [0.2, 0.25) is 5.91 Å². The van der Waals surface area contributed by atoms with Gasteiger partial charge >= 0.3 is 5.97 Å². The molecule has 0 aliphatic rings. The molecule has 158 valence electrons. The van der Waals surface area contributed by atoms with Crippen molar-refractivity contribution in [1.29, 1.82) is 0 Å². The lowest BCUT2D eigenvalue weighted by atomic mass is 10.0. The quantitative estimate of drug-likeness (QED) is 0.381. The fourth-order valence-corrected chi connectivity index (χ4v) is 3.42. The average Bonchev–Trinajstić information content (AvgIpc) is 2.67. The molecule has 0 aliphatic heterocycles. The van der Waals surface area contributed by atoms with E-state index in [4.69, 9.17) is 4.74 Å². The first kappa shape index (κ1) is 22.9. The van der Waals surface area contributed by atoms with E-state index in [0.717, 1.165) is 18.2 Å². The Bertz CT molecular complexity index is 968. The first-order chi connectivity index (χ1) is 13.6. The lowest BCUT2D eigenvalue weighted by molar-refractivity contribution is -0.120. The number of benzene rings is 1. The van der Waals surface area contributed by atoms with Crippen molar-refractivity contribution in [3.05, 3.63) is 34.1 Å². The van der Waals surface area contributed by atoms with Crippen molar-refractivity contribution in [2.24, 2.45) is 0 Å². The number of amides is 1. The number of nitrogens with zero attached hydrogens (tertiary/aromatic N) is 2. The van der Waals surface area contributed by atoms with Crippen LogP contribution >= 0.6 is 11.8 Å². The summed E-state index contributed by atoms with van der Waals surface area (Å²) in [6.45, 7) is 7.47. The van der Waals surface area contributed by atoms with Gasteiger partial charge in [-0.25, -0.2) is 9.78 Å². The predicted octanol–water partition coefficient (Wildman–Crippen LogP) is 1.96. The molecular weight excluding hydrogens is 394 g/mol. The molecular formula is C20H27N3O5S. The van der Waals surface area contributed by atoms with Gasteiger partial charge < -0.3 is 15.2 Å². The van der Waals surface area contributed by atoms with Gasteiger partial charge in [-0.3, -0.25) is 14.2 Å². The van der Waals surface area contributed by atoms with Crippen molar-refractivity contribution in [3.8, 4) is 0 Å². The molecule has 1 aromatic heterocycles. The molecule has 8 nitrogen and oxygen atoms in total. The highest BCUT2D eigenvalue weighted by molar-refractivity contribution is 7.99. The molecule has 0 aliphatic carbocycles. The number of hydrogen-bond donors (Lipinski definition) is 2. The van der Waals surface area contributed by atoms with E-state index in [2.05, 4.69) is 10.3 Å². The lowest BCUT2D eigenvalue weighted by Crippen LogP contribution is -2.43. The number of hydrogen-bond acceptors (Lipinski definition) is 7. The van der Waals surface area contributed by atoms with Crippen LogP contribution in [0.25, 0.3) is 10.9 Å². The van der Waals surface area contributed by atoms with Gasteiger partial charge in [0, 0.05) is 5.54 Å². The van der Waals surface area contributed by atoms with Crippen LogP contribution in [0.2, 0.25) is 0 Å².